The first kappa shape index (κ1) is 13.8. The molecule has 2 heterocycles. The van der Waals surface area contributed by atoms with Gasteiger partial charge < -0.3 is 20.0 Å². The standard InChI is InChI=1S/C12H21N5O2/c1-3-13-9(2)11-15-16-12(19-11)14-8-10(18)17-6-4-5-7-17/h9,13H,3-8H2,1-2H3,(H,14,16). The van der Waals surface area contributed by atoms with Crippen LogP contribution in [0.2, 0.25) is 0 Å². The SMILES string of the molecule is CCNC(C)c1nnc(NCC(=O)N2CCCC2)o1. The smallest absolute Gasteiger partial charge is 0.315 e. The molecule has 0 saturated carbocycles. The zero-order valence-electron chi connectivity index (χ0n) is 11.5. The number of aromatic nitrogens is 2. The van der Waals surface area contributed by atoms with Crippen molar-refractivity contribution < 1.29 is 9.21 Å². The average Bonchev–Trinajstić information content (AvgIpc) is 3.07. The van der Waals surface area contributed by atoms with Crippen LogP contribution >= 0.6 is 0 Å². The van der Waals surface area contributed by atoms with Gasteiger partial charge in [0, 0.05) is 13.1 Å². The molecule has 1 atom stereocenters. The lowest BCUT2D eigenvalue weighted by Crippen LogP contribution is -2.33. The molecule has 0 aliphatic carbocycles. The van der Waals surface area contributed by atoms with E-state index in [4.69, 9.17) is 4.42 Å². The fraction of sp³-hybridized carbons (Fsp3) is 0.750. The van der Waals surface area contributed by atoms with Crippen molar-refractivity contribution >= 4 is 11.9 Å². The minimum absolute atomic E-state index is 0.0160. The average molecular weight is 267 g/mol. The van der Waals surface area contributed by atoms with Crippen LogP contribution in [0.1, 0.15) is 38.6 Å². The maximum atomic E-state index is 11.8. The van der Waals surface area contributed by atoms with Gasteiger partial charge in [-0.15, -0.1) is 5.10 Å². The van der Waals surface area contributed by atoms with Crippen LogP contribution in [0.25, 0.3) is 0 Å². The summed E-state index contributed by atoms with van der Waals surface area (Å²) >= 11 is 0. The Morgan fingerprint density at radius 1 is 1.42 bits per heavy atom. The molecule has 1 aliphatic rings. The van der Waals surface area contributed by atoms with Crippen LogP contribution in [-0.4, -0.2) is 47.2 Å². The number of anilines is 1. The van der Waals surface area contributed by atoms with Crippen molar-refractivity contribution in [3.63, 3.8) is 0 Å². The van der Waals surface area contributed by atoms with Gasteiger partial charge in [0.2, 0.25) is 11.8 Å². The number of rotatable bonds is 6. The summed E-state index contributed by atoms with van der Waals surface area (Å²) in [6.07, 6.45) is 2.19. The summed E-state index contributed by atoms with van der Waals surface area (Å²) in [5, 5.41) is 13.9. The number of carbonyl (C=O) groups excluding carboxylic acids is 1. The Kier molecular flexibility index (Phi) is 4.73. The highest BCUT2D eigenvalue weighted by Gasteiger charge is 2.18. The zero-order valence-corrected chi connectivity index (χ0v) is 11.5. The Morgan fingerprint density at radius 3 is 2.84 bits per heavy atom. The third-order valence-electron chi connectivity index (χ3n) is 3.17. The molecule has 1 amide bonds. The molecule has 0 aromatic carbocycles. The third kappa shape index (κ3) is 3.66. The van der Waals surface area contributed by atoms with Gasteiger partial charge in [-0.2, -0.15) is 0 Å². The van der Waals surface area contributed by atoms with Gasteiger partial charge in [0.05, 0.1) is 12.6 Å². The molecule has 1 saturated heterocycles. The van der Waals surface area contributed by atoms with Gasteiger partial charge in [0.1, 0.15) is 0 Å². The van der Waals surface area contributed by atoms with Crippen LogP contribution in [0, 0.1) is 0 Å². The van der Waals surface area contributed by atoms with Crippen molar-refractivity contribution in [2.45, 2.75) is 32.7 Å². The van der Waals surface area contributed by atoms with Crippen molar-refractivity contribution in [2.75, 3.05) is 31.5 Å². The Labute approximate surface area is 112 Å². The molecule has 0 spiro atoms. The van der Waals surface area contributed by atoms with Crippen LogP contribution < -0.4 is 10.6 Å². The van der Waals surface area contributed by atoms with E-state index in [1.807, 2.05) is 18.7 Å². The summed E-state index contributed by atoms with van der Waals surface area (Å²) in [6, 6.07) is 0.314. The Morgan fingerprint density at radius 2 is 2.16 bits per heavy atom. The maximum Gasteiger partial charge on any atom is 0.315 e. The largest absolute Gasteiger partial charge is 0.406 e. The van der Waals surface area contributed by atoms with Gasteiger partial charge >= 0.3 is 6.01 Å². The van der Waals surface area contributed by atoms with E-state index in [0.29, 0.717) is 11.9 Å². The number of hydrogen-bond donors (Lipinski definition) is 2. The van der Waals surface area contributed by atoms with E-state index in [9.17, 15) is 4.79 Å². The molecular weight excluding hydrogens is 246 g/mol. The van der Waals surface area contributed by atoms with Crippen LogP contribution in [0.3, 0.4) is 0 Å². The summed E-state index contributed by atoms with van der Waals surface area (Å²) < 4.78 is 5.44. The van der Waals surface area contributed by atoms with Crippen LogP contribution in [0.15, 0.2) is 4.42 Å². The lowest BCUT2D eigenvalue weighted by atomic mass is 10.3. The number of amides is 1. The third-order valence-corrected chi connectivity index (χ3v) is 3.17. The van der Waals surface area contributed by atoms with Crippen molar-refractivity contribution in [2.24, 2.45) is 0 Å². The van der Waals surface area contributed by atoms with Gasteiger partial charge in [-0.3, -0.25) is 4.79 Å². The number of carbonyl (C=O) groups is 1. The summed E-state index contributed by atoms with van der Waals surface area (Å²) in [7, 11) is 0. The topological polar surface area (TPSA) is 83.3 Å². The first-order valence-electron chi connectivity index (χ1n) is 6.79. The molecule has 0 bridgehead atoms. The molecule has 2 N–H and O–H groups in total. The molecule has 19 heavy (non-hydrogen) atoms. The second kappa shape index (κ2) is 6.51. The fourth-order valence-corrected chi connectivity index (χ4v) is 2.10. The van der Waals surface area contributed by atoms with Crippen molar-refractivity contribution in [1.29, 1.82) is 0 Å². The van der Waals surface area contributed by atoms with Gasteiger partial charge in [0.15, 0.2) is 0 Å². The van der Waals surface area contributed by atoms with E-state index in [-0.39, 0.29) is 18.5 Å². The minimum atomic E-state index is 0.0160. The highest BCUT2D eigenvalue weighted by molar-refractivity contribution is 5.80. The molecule has 1 unspecified atom stereocenters. The molecule has 1 aromatic rings. The van der Waals surface area contributed by atoms with Crippen LogP contribution in [0.4, 0.5) is 6.01 Å². The van der Waals surface area contributed by atoms with Gasteiger partial charge in [-0.1, -0.05) is 12.0 Å². The van der Waals surface area contributed by atoms with E-state index in [2.05, 4.69) is 20.8 Å². The van der Waals surface area contributed by atoms with E-state index in [1.54, 1.807) is 0 Å². The Bertz CT molecular complexity index is 414. The summed E-state index contributed by atoms with van der Waals surface area (Å²) in [4.78, 5) is 13.7. The highest BCUT2D eigenvalue weighted by Crippen LogP contribution is 2.13. The van der Waals surface area contributed by atoms with E-state index in [1.165, 1.54) is 0 Å². The Balaban J connectivity index is 1.81. The number of nitrogens with one attached hydrogen (secondary N) is 2. The first-order chi connectivity index (χ1) is 9.20. The number of likely N-dealkylation sites (tertiary alicyclic amines) is 1. The van der Waals surface area contributed by atoms with E-state index in [0.717, 1.165) is 32.5 Å². The van der Waals surface area contributed by atoms with Crippen LogP contribution in [-0.2, 0) is 4.79 Å². The summed E-state index contributed by atoms with van der Waals surface area (Å²) in [5.74, 6) is 0.606. The molecule has 2 rings (SSSR count). The second-order valence-corrected chi connectivity index (χ2v) is 4.67. The van der Waals surface area contributed by atoms with Gasteiger partial charge in [0.25, 0.3) is 0 Å². The van der Waals surface area contributed by atoms with Crippen LogP contribution in [0.5, 0.6) is 0 Å². The predicted molar refractivity (Wildman–Crippen MR) is 70.7 cm³/mol. The fourth-order valence-electron chi connectivity index (χ4n) is 2.10. The minimum Gasteiger partial charge on any atom is -0.406 e. The summed E-state index contributed by atoms with van der Waals surface area (Å²) in [5.41, 5.74) is 0. The Hall–Kier alpha value is -1.63. The molecular formula is C12H21N5O2. The normalized spacial score (nSPS) is 16.6. The molecule has 0 radical (unpaired) electrons. The van der Waals surface area contributed by atoms with Crippen molar-refractivity contribution in [3.8, 4) is 0 Å². The van der Waals surface area contributed by atoms with E-state index < -0.39 is 0 Å². The second-order valence-electron chi connectivity index (χ2n) is 4.67. The predicted octanol–water partition coefficient (Wildman–Crippen LogP) is 0.774. The van der Waals surface area contributed by atoms with Crippen molar-refractivity contribution in [1.82, 2.24) is 20.4 Å². The molecule has 1 aliphatic heterocycles. The quantitative estimate of drug-likeness (QED) is 0.792. The highest BCUT2D eigenvalue weighted by atomic mass is 16.4. The monoisotopic (exact) mass is 267 g/mol. The molecule has 106 valence electrons. The van der Waals surface area contributed by atoms with Gasteiger partial charge in [-0.25, -0.2) is 0 Å². The molecule has 7 nitrogen and oxygen atoms in total. The molecule has 7 heteroatoms. The lowest BCUT2D eigenvalue weighted by molar-refractivity contribution is -0.128. The number of nitrogens with zero attached hydrogens (tertiary/aromatic N) is 3. The first-order valence-corrected chi connectivity index (χ1v) is 6.79. The summed E-state index contributed by atoms with van der Waals surface area (Å²) in [6.45, 7) is 6.72. The number of hydrogen-bond acceptors (Lipinski definition) is 6. The molecule has 1 fully saturated rings. The van der Waals surface area contributed by atoms with E-state index >= 15 is 0 Å². The van der Waals surface area contributed by atoms with Crippen molar-refractivity contribution in [3.05, 3.63) is 5.89 Å². The van der Waals surface area contributed by atoms with Gasteiger partial charge in [-0.05, 0) is 26.3 Å². The zero-order chi connectivity index (χ0) is 13.7. The molecule has 1 aromatic heterocycles. The maximum absolute atomic E-state index is 11.8. The lowest BCUT2D eigenvalue weighted by Gasteiger charge is -2.14.